The fourth-order valence-electron chi connectivity index (χ4n) is 3.42. The first-order valence-corrected chi connectivity index (χ1v) is 9.79. The Morgan fingerprint density at radius 3 is 2.69 bits per heavy atom. The van der Waals surface area contributed by atoms with E-state index in [1.165, 1.54) is 4.90 Å². The first kappa shape index (κ1) is 20.9. The Kier molecular flexibility index (Phi) is 5.71. The third-order valence-electron chi connectivity index (χ3n) is 4.87. The molecular weight excluding hydrogens is 410 g/mol. The van der Waals surface area contributed by atoms with E-state index in [2.05, 4.69) is 15.3 Å². The van der Waals surface area contributed by atoms with E-state index >= 15 is 0 Å². The number of hydrogen-bond donors (Lipinski definition) is 2. The van der Waals surface area contributed by atoms with Crippen molar-refractivity contribution in [3.05, 3.63) is 83.6 Å². The van der Waals surface area contributed by atoms with E-state index < -0.39 is 12.1 Å². The van der Waals surface area contributed by atoms with E-state index in [0.717, 1.165) is 16.9 Å². The number of amides is 3. The summed E-state index contributed by atoms with van der Waals surface area (Å²) in [5.74, 6) is 0.638. The van der Waals surface area contributed by atoms with Crippen LogP contribution in [0.25, 0.3) is 11.8 Å². The minimum absolute atomic E-state index is 0.0413. The van der Waals surface area contributed by atoms with E-state index in [-0.39, 0.29) is 12.4 Å². The molecular formula is C23H21N5O4. The second-order valence-corrected chi connectivity index (χ2v) is 7.13. The van der Waals surface area contributed by atoms with Gasteiger partial charge >= 0.3 is 12.1 Å². The SMILES string of the molecule is COc1cc(/C=C2/NC(=O)N(Cc3ccccc3)C2=NC(=O)O)ccc1-n1cnc(C)c1. The van der Waals surface area contributed by atoms with Crippen LogP contribution >= 0.6 is 0 Å². The summed E-state index contributed by atoms with van der Waals surface area (Å²) >= 11 is 0. The molecule has 162 valence electrons. The van der Waals surface area contributed by atoms with Gasteiger partial charge in [0.1, 0.15) is 5.75 Å². The summed E-state index contributed by atoms with van der Waals surface area (Å²) in [6, 6.07) is 14.3. The Labute approximate surface area is 184 Å². The normalized spacial score (nSPS) is 15.9. The molecule has 1 saturated heterocycles. The molecule has 1 aromatic heterocycles. The Hall–Kier alpha value is -4.40. The molecule has 0 radical (unpaired) electrons. The molecule has 0 atom stereocenters. The topological polar surface area (TPSA) is 109 Å². The summed E-state index contributed by atoms with van der Waals surface area (Å²) in [5, 5.41) is 12.0. The smallest absolute Gasteiger partial charge is 0.433 e. The molecule has 2 N–H and O–H groups in total. The summed E-state index contributed by atoms with van der Waals surface area (Å²) in [6.45, 7) is 2.09. The zero-order valence-electron chi connectivity index (χ0n) is 17.5. The Balaban J connectivity index is 1.69. The lowest BCUT2D eigenvalue weighted by Crippen LogP contribution is -2.30. The summed E-state index contributed by atoms with van der Waals surface area (Å²) in [5.41, 5.74) is 3.53. The van der Waals surface area contributed by atoms with Crippen LogP contribution in [0.15, 0.2) is 71.7 Å². The average molecular weight is 431 g/mol. The second kappa shape index (κ2) is 8.76. The maximum Gasteiger partial charge on any atom is 0.433 e. The number of methoxy groups -OCH3 is 1. The van der Waals surface area contributed by atoms with Gasteiger partial charge < -0.3 is 19.7 Å². The van der Waals surface area contributed by atoms with Gasteiger partial charge in [0.25, 0.3) is 0 Å². The largest absolute Gasteiger partial charge is 0.495 e. The number of carbonyl (C=O) groups is 2. The van der Waals surface area contributed by atoms with Gasteiger partial charge in [0.2, 0.25) is 0 Å². The molecule has 1 fully saturated rings. The summed E-state index contributed by atoms with van der Waals surface area (Å²) < 4.78 is 7.38. The molecule has 2 aromatic carbocycles. The van der Waals surface area contributed by atoms with Crippen molar-refractivity contribution in [2.45, 2.75) is 13.5 Å². The number of aromatic nitrogens is 2. The fraction of sp³-hybridized carbons (Fsp3) is 0.130. The molecule has 0 aliphatic carbocycles. The number of rotatable bonds is 5. The monoisotopic (exact) mass is 431 g/mol. The zero-order chi connectivity index (χ0) is 22.7. The molecule has 3 amide bonds. The van der Waals surface area contributed by atoms with Gasteiger partial charge in [0.05, 0.1) is 37.1 Å². The Bertz CT molecular complexity index is 1230. The van der Waals surface area contributed by atoms with E-state index in [1.54, 1.807) is 25.6 Å². The maximum atomic E-state index is 12.6. The van der Waals surface area contributed by atoms with Gasteiger partial charge in [0.15, 0.2) is 5.84 Å². The minimum atomic E-state index is -1.39. The van der Waals surface area contributed by atoms with E-state index in [0.29, 0.717) is 17.0 Å². The van der Waals surface area contributed by atoms with Crippen LogP contribution in [-0.2, 0) is 6.54 Å². The number of benzene rings is 2. The number of aryl methyl sites for hydroxylation is 1. The highest BCUT2D eigenvalue weighted by atomic mass is 16.5. The quantitative estimate of drug-likeness (QED) is 0.638. The number of nitrogens with zero attached hydrogens (tertiary/aromatic N) is 4. The van der Waals surface area contributed by atoms with Crippen LogP contribution in [0.1, 0.15) is 16.8 Å². The number of hydrogen-bond acceptors (Lipinski definition) is 4. The first-order chi connectivity index (χ1) is 15.4. The standard InChI is InChI=1S/C23H21N5O4/c1-15-12-27(14-24-15)19-9-8-17(11-20(19)32-2)10-18-21(26-23(30)31)28(22(29)25-18)13-16-6-4-3-5-7-16/h3-12,14H,13H2,1-2H3,(H,25,29)(H,30,31)/b18-10+,26-21?. The first-order valence-electron chi connectivity index (χ1n) is 9.79. The number of imidazole rings is 1. The van der Waals surface area contributed by atoms with E-state index in [4.69, 9.17) is 4.74 Å². The molecule has 32 heavy (non-hydrogen) atoms. The number of carbonyl (C=O) groups excluding carboxylic acids is 1. The number of urea groups is 1. The molecule has 0 saturated carbocycles. The molecule has 2 heterocycles. The predicted molar refractivity (Wildman–Crippen MR) is 119 cm³/mol. The van der Waals surface area contributed by atoms with E-state index in [1.807, 2.05) is 60.2 Å². The van der Waals surface area contributed by atoms with Crippen molar-refractivity contribution in [1.29, 1.82) is 0 Å². The molecule has 4 rings (SSSR count). The molecule has 9 heteroatoms. The third kappa shape index (κ3) is 4.36. The molecule has 0 bridgehead atoms. The van der Waals surface area contributed by atoms with Crippen LogP contribution < -0.4 is 10.1 Å². The fourth-order valence-corrected chi connectivity index (χ4v) is 3.42. The van der Waals surface area contributed by atoms with Crippen LogP contribution in [-0.4, -0.2) is 44.6 Å². The van der Waals surface area contributed by atoms with Crippen molar-refractivity contribution in [2.24, 2.45) is 4.99 Å². The summed E-state index contributed by atoms with van der Waals surface area (Å²) in [7, 11) is 1.57. The van der Waals surface area contributed by atoms with Crippen molar-refractivity contribution in [3.63, 3.8) is 0 Å². The number of amidine groups is 1. The van der Waals surface area contributed by atoms with Gasteiger partial charge in [-0.1, -0.05) is 36.4 Å². The van der Waals surface area contributed by atoms with Gasteiger partial charge in [-0.3, -0.25) is 4.90 Å². The van der Waals surface area contributed by atoms with Crippen molar-refractivity contribution in [3.8, 4) is 11.4 Å². The Morgan fingerprint density at radius 2 is 2.03 bits per heavy atom. The van der Waals surface area contributed by atoms with Crippen LogP contribution in [0.5, 0.6) is 5.75 Å². The van der Waals surface area contributed by atoms with Crippen LogP contribution in [0.3, 0.4) is 0 Å². The minimum Gasteiger partial charge on any atom is -0.495 e. The lowest BCUT2D eigenvalue weighted by atomic mass is 10.1. The number of aliphatic imine (C=N–C) groups is 1. The summed E-state index contributed by atoms with van der Waals surface area (Å²) in [6.07, 6.45) is 3.85. The summed E-state index contributed by atoms with van der Waals surface area (Å²) in [4.78, 5) is 33.1. The Morgan fingerprint density at radius 1 is 1.25 bits per heavy atom. The number of nitrogens with one attached hydrogen (secondary N) is 1. The van der Waals surface area contributed by atoms with Crippen molar-refractivity contribution in [2.75, 3.05) is 7.11 Å². The highest BCUT2D eigenvalue weighted by Crippen LogP contribution is 2.26. The molecule has 0 spiro atoms. The van der Waals surface area contributed by atoms with Gasteiger partial charge in [-0.2, -0.15) is 4.99 Å². The third-order valence-corrected chi connectivity index (χ3v) is 4.87. The maximum absolute atomic E-state index is 12.6. The average Bonchev–Trinajstić information content (AvgIpc) is 3.32. The second-order valence-electron chi connectivity index (χ2n) is 7.13. The van der Waals surface area contributed by atoms with Crippen LogP contribution in [0, 0.1) is 6.92 Å². The van der Waals surface area contributed by atoms with E-state index in [9.17, 15) is 14.7 Å². The van der Waals surface area contributed by atoms with Gasteiger partial charge in [-0.15, -0.1) is 0 Å². The van der Waals surface area contributed by atoms with Crippen molar-refractivity contribution < 1.29 is 19.4 Å². The zero-order valence-corrected chi connectivity index (χ0v) is 17.5. The van der Waals surface area contributed by atoms with Gasteiger partial charge in [-0.25, -0.2) is 14.6 Å². The lowest BCUT2D eigenvalue weighted by Gasteiger charge is -2.14. The van der Waals surface area contributed by atoms with Gasteiger partial charge in [0, 0.05) is 6.20 Å². The van der Waals surface area contributed by atoms with Crippen molar-refractivity contribution >= 4 is 24.0 Å². The number of carboxylic acid groups (broad SMARTS) is 1. The lowest BCUT2D eigenvalue weighted by molar-refractivity contribution is 0.205. The highest BCUT2D eigenvalue weighted by molar-refractivity contribution is 6.18. The molecule has 9 nitrogen and oxygen atoms in total. The van der Waals surface area contributed by atoms with Crippen LogP contribution in [0.2, 0.25) is 0 Å². The predicted octanol–water partition coefficient (Wildman–Crippen LogP) is 3.83. The van der Waals surface area contributed by atoms with Crippen LogP contribution in [0.4, 0.5) is 9.59 Å². The molecule has 3 aromatic rings. The molecule has 0 unspecified atom stereocenters. The molecule has 1 aliphatic heterocycles. The van der Waals surface area contributed by atoms with Crippen molar-refractivity contribution in [1.82, 2.24) is 19.8 Å². The highest BCUT2D eigenvalue weighted by Gasteiger charge is 2.32. The molecule has 1 aliphatic rings. The van der Waals surface area contributed by atoms with Gasteiger partial charge in [-0.05, 0) is 36.3 Å². The number of ether oxygens (including phenoxy) is 1.